The molecule has 90 valence electrons. The maximum atomic E-state index is 11.5. The molecule has 0 saturated heterocycles. The Bertz CT molecular complexity index is 185. The van der Waals surface area contributed by atoms with Crippen LogP contribution in [0, 0.1) is 11.3 Å². The molecule has 0 unspecified atom stereocenters. The van der Waals surface area contributed by atoms with Crippen molar-refractivity contribution in [1.82, 2.24) is 5.32 Å². The Balaban J connectivity index is 3.58. The lowest BCUT2D eigenvalue weighted by Crippen LogP contribution is -2.26. The summed E-state index contributed by atoms with van der Waals surface area (Å²) >= 11 is 0. The van der Waals surface area contributed by atoms with Gasteiger partial charge in [0.2, 0.25) is 5.91 Å². The van der Waals surface area contributed by atoms with Crippen molar-refractivity contribution in [2.75, 3.05) is 6.54 Å². The van der Waals surface area contributed by atoms with Crippen molar-refractivity contribution >= 4 is 5.91 Å². The van der Waals surface area contributed by atoms with Gasteiger partial charge in [-0.05, 0) is 24.2 Å². The molecule has 0 bridgehead atoms. The number of hydrogen-bond donors (Lipinski definition) is 1. The standard InChI is InChI=1S/C13H27NO/c1-6-13(4,5)9-7-12(15)14-10-8-11(2)3/h11H,6-10H2,1-5H3,(H,14,15). The van der Waals surface area contributed by atoms with Gasteiger partial charge in [0.25, 0.3) is 0 Å². The van der Waals surface area contributed by atoms with Gasteiger partial charge in [-0.3, -0.25) is 4.79 Å². The quantitative estimate of drug-likeness (QED) is 0.690. The summed E-state index contributed by atoms with van der Waals surface area (Å²) < 4.78 is 0. The zero-order chi connectivity index (χ0) is 11.9. The highest BCUT2D eigenvalue weighted by Crippen LogP contribution is 2.25. The van der Waals surface area contributed by atoms with Gasteiger partial charge in [-0.25, -0.2) is 0 Å². The smallest absolute Gasteiger partial charge is 0.220 e. The fourth-order valence-corrected chi connectivity index (χ4v) is 1.22. The Morgan fingerprint density at radius 2 is 1.93 bits per heavy atom. The Kier molecular flexibility index (Phi) is 6.62. The molecular formula is C13H27NO. The minimum atomic E-state index is 0.206. The van der Waals surface area contributed by atoms with Crippen LogP contribution in [-0.2, 0) is 4.79 Å². The molecule has 0 radical (unpaired) electrons. The Hall–Kier alpha value is -0.530. The van der Waals surface area contributed by atoms with E-state index in [0.717, 1.165) is 25.8 Å². The fourth-order valence-electron chi connectivity index (χ4n) is 1.22. The summed E-state index contributed by atoms with van der Waals surface area (Å²) in [5.74, 6) is 0.870. The number of rotatable bonds is 7. The van der Waals surface area contributed by atoms with Crippen LogP contribution in [0.1, 0.15) is 60.3 Å². The average Bonchev–Trinajstić information content (AvgIpc) is 2.14. The van der Waals surface area contributed by atoms with E-state index in [9.17, 15) is 4.79 Å². The van der Waals surface area contributed by atoms with Crippen molar-refractivity contribution in [2.24, 2.45) is 11.3 Å². The first-order chi connectivity index (χ1) is 6.87. The normalized spacial score (nSPS) is 11.9. The first kappa shape index (κ1) is 14.5. The van der Waals surface area contributed by atoms with E-state index in [1.54, 1.807) is 0 Å². The largest absolute Gasteiger partial charge is 0.356 e. The summed E-state index contributed by atoms with van der Waals surface area (Å²) in [6, 6.07) is 0. The van der Waals surface area contributed by atoms with Gasteiger partial charge in [0.1, 0.15) is 0 Å². The van der Waals surface area contributed by atoms with E-state index in [-0.39, 0.29) is 5.91 Å². The van der Waals surface area contributed by atoms with E-state index >= 15 is 0 Å². The van der Waals surface area contributed by atoms with Gasteiger partial charge >= 0.3 is 0 Å². The van der Waals surface area contributed by atoms with Crippen molar-refractivity contribution in [3.63, 3.8) is 0 Å². The Morgan fingerprint density at radius 3 is 2.40 bits per heavy atom. The summed E-state index contributed by atoms with van der Waals surface area (Å²) in [6.07, 6.45) is 3.85. The minimum Gasteiger partial charge on any atom is -0.356 e. The molecule has 15 heavy (non-hydrogen) atoms. The highest BCUT2D eigenvalue weighted by atomic mass is 16.1. The van der Waals surface area contributed by atoms with Crippen molar-refractivity contribution in [3.8, 4) is 0 Å². The second-order valence-corrected chi connectivity index (χ2v) is 5.55. The summed E-state index contributed by atoms with van der Waals surface area (Å²) in [7, 11) is 0. The molecular weight excluding hydrogens is 186 g/mol. The van der Waals surface area contributed by atoms with Crippen LogP contribution in [-0.4, -0.2) is 12.5 Å². The Labute approximate surface area is 94.8 Å². The molecule has 0 aliphatic rings. The van der Waals surface area contributed by atoms with Crippen LogP contribution in [0.25, 0.3) is 0 Å². The summed E-state index contributed by atoms with van der Waals surface area (Å²) in [5, 5.41) is 2.97. The second kappa shape index (κ2) is 6.86. The van der Waals surface area contributed by atoms with Gasteiger partial charge in [-0.1, -0.05) is 41.0 Å². The van der Waals surface area contributed by atoms with Crippen LogP contribution in [0.2, 0.25) is 0 Å². The molecule has 0 atom stereocenters. The number of carbonyl (C=O) groups is 1. The van der Waals surface area contributed by atoms with Gasteiger partial charge in [0.15, 0.2) is 0 Å². The summed E-state index contributed by atoms with van der Waals surface area (Å²) in [4.78, 5) is 11.5. The van der Waals surface area contributed by atoms with Crippen LogP contribution < -0.4 is 5.32 Å². The molecule has 0 aromatic carbocycles. The molecule has 1 amide bonds. The Morgan fingerprint density at radius 1 is 1.33 bits per heavy atom. The van der Waals surface area contributed by atoms with E-state index in [2.05, 4.69) is 39.9 Å². The predicted octanol–water partition coefficient (Wildman–Crippen LogP) is 3.37. The fraction of sp³-hybridized carbons (Fsp3) is 0.923. The minimum absolute atomic E-state index is 0.206. The first-order valence-electron chi connectivity index (χ1n) is 6.14. The van der Waals surface area contributed by atoms with Crippen LogP contribution in [0.15, 0.2) is 0 Å². The molecule has 0 heterocycles. The lowest BCUT2D eigenvalue weighted by molar-refractivity contribution is -0.121. The molecule has 0 aliphatic heterocycles. The third-order valence-electron chi connectivity index (χ3n) is 3.03. The van der Waals surface area contributed by atoms with Crippen molar-refractivity contribution in [1.29, 1.82) is 0 Å². The summed E-state index contributed by atoms with van der Waals surface area (Å²) in [6.45, 7) is 11.8. The van der Waals surface area contributed by atoms with E-state index in [1.807, 2.05) is 0 Å². The van der Waals surface area contributed by atoms with Crippen LogP contribution in [0.3, 0.4) is 0 Å². The maximum absolute atomic E-state index is 11.5. The summed E-state index contributed by atoms with van der Waals surface area (Å²) in [5.41, 5.74) is 0.301. The molecule has 0 aromatic rings. The van der Waals surface area contributed by atoms with Crippen LogP contribution in [0.4, 0.5) is 0 Å². The first-order valence-corrected chi connectivity index (χ1v) is 6.14. The molecule has 0 saturated carbocycles. The van der Waals surface area contributed by atoms with Gasteiger partial charge in [-0.15, -0.1) is 0 Å². The molecule has 0 fully saturated rings. The molecule has 0 aliphatic carbocycles. The van der Waals surface area contributed by atoms with Crippen LogP contribution in [0.5, 0.6) is 0 Å². The van der Waals surface area contributed by atoms with Crippen LogP contribution >= 0.6 is 0 Å². The molecule has 2 heteroatoms. The lowest BCUT2D eigenvalue weighted by Gasteiger charge is -2.21. The number of nitrogens with one attached hydrogen (secondary N) is 1. The monoisotopic (exact) mass is 213 g/mol. The second-order valence-electron chi connectivity index (χ2n) is 5.55. The van der Waals surface area contributed by atoms with E-state index in [0.29, 0.717) is 17.8 Å². The molecule has 0 rings (SSSR count). The zero-order valence-corrected chi connectivity index (χ0v) is 11.0. The van der Waals surface area contributed by atoms with E-state index < -0.39 is 0 Å². The predicted molar refractivity (Wildman–Crippen MR) is 65.8 cm³/mol. The SMILES string of the molecule is CCC(C)(C)CCC(=O)NCCC(C)C. The van der Waals surface area contributed by atoms with Gasteiger partial charge in [0.05, 0.1) is 0 Å². The third-order valence-corrected chi connectivity index (χ3v) is 3.03. The number of amides is 1. The maximum Gasteiger partial charge on any atom is 0.220 e. The highest BCUT2D eigenvalue weighted by Gasteiger charge is 2.16. The molecule has 0 aromatic heterocycles. The zero-order valence-electron chi connectivity index (χ0n) is 11.0. The molecule has 0 spiro atoms. The van der Waals surface area contributed by atoms with Gasteiger partial charge in [-0.2, -0.15) is 0 Å². The van der Waals surface area contributed by atoms with E-state index in [1.165, 1.54) is 0 Å². The third kappa shape index (κ3) is 8.46. The molecule has 2 nitrogen and oxygen atoms in total. The van der Waals surface area contributed by atoms with Crippen molar-refractivity contribution < 1.29 is 4.79 Å². The lowest BCUT2D eigenvalue weighted by atomic mass is 9.85. The van der Waals surface area contributed by atoms with Gasteiger partial charge in [0, 0.05) is 13.0 Å². The van der Waals surface area contributed by atoms with Crippen molar-refractivity contribution in [3.05, 3.63) is 0 Å². The topological polar surface area (TPSA) is 29.1 Å². The van der Waals surface area contributed by atoms with E-state index in [4.69, 9.17) is 0 Å². The average molecular weight is 213 g/mol. The highest BCUT2D eigenvalue weighted by molar-refractivity contribution is 5.75. The number of carbonyl (C=O) groups excluding carboxylic acids is 1. The molecule has 1 N–H and O–H groups in total. The van der Waals surface area contributed by atoms with Crippen molar-refractivity contribution in [2.45, 2.75) is 60.3 Å². The number of hydrogen-bond acceptors (Lipinski definition) is 1. The van der Waals surface area contributed by atoms with Gasteiger partial charge < -0.3 is 5.32 Å².